The Morgan fingerprint density at radius 1 is 1.03 bits per heavy atom. The summed E-state index contributed by atoms with van der Waals surface area (Å²) in [6.45, 7) is 9.30. The molecule has 1 aliphatic heterocycles. The lowest BCUT2D eigenvalue weighted by Crippen LogP contribution is -2.33. The number of thioether (sulfide) groups is 1. The van der Waals surface area contributed by atoms with E-state index in [1.165, 1.54) is 0 Å². The quantitative estimate of drug-likeness (QED) is 0.253. The molecule has 0 fully saturated rings. The van der Waals surface area contributed by atoms with E-state index in [9.17, 15) is 4.79 Å². The predicted octanol–water partition coefficient (Wildman–Crippen LogP) is 5.20. The molecule has 2 aromatic carbocycles. The largest absolute Gasteiger partial charge is 0.457 e. The maximum Gasteiger partial charge on any atom is 0.232 e. The van der Waals surface area contributed by atoms with Crippen molar-refractivity contribution in [3.05, 3.63) is 65.9 Å². The van der Waals surface area contributed by atoms with Crippen molar-refractivity contribution in [1.82, 2.24) is 25.1 Å². The molecule has 0 bridgehead atoms. The summed E-state index contributed by atoms with van der Waals surface area (Å²) in [6, 6.07) is 15.6. The maximum atomic E-state index is 13.4. The minimum absolute atomic E-state index is 0.0671. The number of hydrogen-bond donors (Lipinski definition) is 2. The van der Waals surface area contributed by atoms with E-state index in [1.807, 2.05) is 53.2 Å². The van der Waals surface area contributed by atoms with Crippen LogP contribution in [0.25, 0.3) is 11.0 Å². The van der Waals surface area contributed by atoms with E-state index < -0.39 is 5.92 Å². The van der Waals surface area contributed by atoms with Gasteiger partial charge in [0.15, 0.2) is 10.8 Å². The molecule has 0 atom stereocenters. The molecule has 186 valence electrons. The van der Waals surface area contributed by atoms with Crippen LogP contribution >= 0.6 is 11.8 Å². The van der Waals surface area contributed by atoms with Crippen LogP contribution in [0.3, 0.4) is 0 Å². The van der Waals surface area contributed by atoms with Gasteiger partial charge in [-0.2, -0.15) is 5.10 Å². The SMILES string of the molecule is CC(C)Nc1nc(SC(C)C)nc2c1cnn2CCNC(=O)C1c2ccccc2Oc2ccccc21. The highest BCUT2D eigenvalue weighted by Gasteiger charge is 2.32. The first kappa shape index (κ1) is 24.1. The summed E-state index contributed by atoms with van der Waals surface area (Å²) >= 11 is 1.62. The van der Waals surface area contributed by atoms with Crippen molar-refractivity contribution < 1.29 is 9.53 Å². The number of nitrogens with zero attached hydrogens (tertiary/aromatic N) is 4. The summed E-state index contributed by atoms with van der Waals surface area (Å²) in [7, 11) is 0. The van der Waals surface area contributed by atoms with E-state index >= 15 is 0 Å². The Morgan fingerprint density at radius 2 is 1.69 bits per heavy atom. The zero-order valence-electron chi connectivity index (χ0n) is 20.9. The molecule has 0 saturated carbocycles. The Morgan fingerprint density at radius 3 is 2.33 bits per heavy atom. The number of ether oxygens (including phenoxy) is 1. The van der Waals surface area contributed by atoms with Gasteiger partial charge in [-0.3, -0.25) is 4.79 Å². The number of amides is 1. The van der Waals surface area contributed by atoms with Crippen molar-refractivity contribution in [3.8, 4) is 11.5 Å². The Bertz CT molecular complexity index is 1350. The third-order valence-corrected chi connectivity index (χ3v) is 6.67. The van der Waals surface area contributed by atoms with Crippen LogP contribution in [-0.2, 0) is 11.3 Å². The van der Waals surface area contributed by atoms with Gasteiger partial charge in [0.1, 0.15) is 17.3 Å². The van der Waals surface area contributed by atoms with Crippen molar-refractivity contribution in [2.75, 3.05) is 11.9 Å². The summed E-state index contributed by atoms with van der Waals surface area (Å²) < 4.78 is 7.86. The second-order valence-corrected chi connectivity index (χ2v) is 10.9. The van der Waals surface area contributed by atoms with Crippen LogP contribution in [0.4, 0.5) is 5.82 Å². The Labute approximate surface area is 214 Å². The molecule has 1 aliphatic rings. The van der Waals surface area contributed by atoms with Gasteiger partial charge in [-0.1, -0.05) is 62.0 Å². The first-order valence-electron chi connectivity index (χ1n) is 12.2. The van der Waals surface area contributed by atoms with Gasteiger partial charge in [-0.15, -0.1) is 0 Å². The first-order chi connectivity index (χ1) is 17.4. The van der Waals surface area contributed by atoms with Crippen LogP contribution in [0, 0.1) is 0 Å². The molecule has 4 aromatic rings. The molecule has 5 rings (SSSR count). The molecule has 0 saturated heterocycles. The predicted molar refractivity (Wildman–Crippen MR) is 143 cm³/mol. The molecule has 2 aromatic heterocycles. The van der Waals surface area contributed by atoms with Gasteiger partial charge in [0.25, 0.3) is 0 Å². The van der Waals surface area contributed by atoms with Gasteiger partial charge < -0.3 is 15.4 Å². The molecule has 0 aliphatic carbocycles. The van der Waals surface area contributed by atoms with E-state index in [4.69, 9.17) is 14.7 Å². The Hall–Kier alpha value is -3.59. The van der Waals surface area contributed by atoms with Crippen molar-refractivity contribution in [2.24, 2.45) is 0 Å². The molecule has 3 heterocycles. The molecule has 1 amide bonds. The molecular weight excluding hydrogens is 472 g/mol. The maximum absolute atomic E-state index is 13.4. The normalized spacial score (nSPS) is 12.9. The zero-order valence-corrected chi connectivity index (χ0v) is 21.7. The van der Waals surface area contributed by atoms with Gasteiger partial charge >= 0.3 is 0 Å². The highest BCUT2D eigenvalue weighted by molar-refractivity contribution is 7.99. The van der Waals surface area contributed by atoms with E-state index in [-0.39, 0.29) is 11.9 Å². The van der Waals surface area contributed by atoms with Crippen LogP contribution in [0.2, 0.25) is 0 Å². The average Bonchev–Trinajstić information content (AvgIpc) is 3.24. The second kappa shape index (κ2) is 10.2. The molecule has 0 spiro atoms. The number of anilines is 1. The number of nitrogens with one attached hydrogen (secondary N) is 2. The fraction of sp³-hybridized carbons (Fsp3) is 0.333. The third kappa shape index (κ3) is 4.88. The van der Waals surface area contributed by atoms with Gasteiger partial charge in [0.05, 0.1) is 24.0 Å². The molecule has 9 heteroatoms. The number of carbonyl (C=O) groups excluding carboxylic acids is 1. The highest BCUT2D eigenvalue weighted by Crippen LogP contribution is 2.43. The molecule has 0 radical (unpaired) electrons. The smallest absolute Gasteiger partial charge is 0.232 e. The number of fused-ring (bicyclic) bond motifs is 3. The van der Waals surface area contributed by atoms with Crippen LogP contribution < -0.4 is 15.4 Å². The zero-order chi connectivity index (χ0) is 25.2. The summed E-state index contributed by atoms with van der Waals surface area (Å²) in [5.41, 5.74) is 2.49. The van der Waals surface area contributed by atoms with Gasteiger partial charge in [-0.25, -0.2) is 14.6 Å². The van der Waals surface area contributed by atoms with Crippen LogP contribution in [0.15, 0.2) is 59.9 Å². The third-order valence-electron chi connectivity index (χ3n) is 5.81. The van der Waals surface area contributed by atoms with Crippen LogP contribution in [-0.4, -0.2) is 43.5 Å². The molecule has 36 heavy (non-hydrogen) atoms. The van der Waals surface area contributed by atoms with Gasteiger partial charge in [0, 0.05) is 29.0 Å². The van der Waals surface area contributed by atoms with E-state index in [2.05, 4.69) is 43.4 Å². The lowest BCUT2D eigenvalue weighted by Gasteiger charge is -2.27. The standard InChI is InChI=1S/C27H30N6O2S/c1-16(2)30-24-20-15-29-33(25(20)32-27(31-24)36-17(3)4)14-13-28-26(34)23-18-9-5-7-11-21(18)35-22-12-8-6-10-19(22)23/h5-12,15-17,23H,13-14H2,1-4H3,(H,28,34)(H,30,31,32). The van der Waals surface area contributed by atoms with E-state index in [0.717, 1.165) is 28.0 Å². The Kier molecular flexibility index (Phi) is 6.82. The molecule has 0 unspecified atom stereocenters. The summed E-state index contributed by atoms with van der Waals surface area (Å²) in [5.74, 6) is 1.71. The fourth-order valence-corrected chi connectivity index (χ4v) is 5.03. The van der Waals surface area contributed by atoms with Crippen LogP contribution in [0.5, 0.6) is 11.5 Å². The average molecular weight is 503 g/mol. The van der Waals surface area contributed by atoms with Crippen molar-refractivity contribution in [1.29, 1.82) is 0 Å². The summed E-state index contributed by atoms with van der Waals surface area (Å²) in [5, 5.41) is 13.0. The highest BCUT2D eigenvalue weighted by atomic mass is 32.2. The van der Waals surface area contributed by atoms with E-state index in [1.54, 1.807) is 18.0 Å². The molecule has 2 N–H and O–H groups in total. The number of rotatable bonds is 8. The summed E-state index contributed by atoms with van der Waals surface area (Å²) in [4.78, 5) is 22.9. The number of carbonyl (C=O) groups is 1. The molecular formula is C27H30N6O2S. The lowest BCUT2D eigenvalue weighted by atomic mass is 9.87. The number of hydrogen-bond acceptors (Lipinski definition) is 7. The second-order valence-electron chi connectivity index (χ2n) is 9.33. The van der Waals surface area contributed by atoms with E-state index in [0.29, 0.717) is 35.0 Å². The fourth-order valence-electron chi connectivity index (χ4n) is 4.33. The van der Waals surface area contributed by atoms with Crippen molar-refractivity contribution in [3.63, 3.8) is 0 Å². The number of para-hydroxylation sites is 2. The van der Waals surface area contributed by atoms with Crippen molar-refractivity contribution in [2.45, 2.75) is 56.6 Å². The van der Waals surface area contributed by atoms with Gasteiger partial charge in [-0.05, 0) is 26.0 Å². The van der Waals surface area contributed by atoms with Crippen LogP contribution in [0.1, 0.15) is 44.7 Å². The minimum atomic E-state index is -0.432. The Balaban J connectivity index is 1.36. The monoisotopic (exact) mass is 502 g/mol. The minimum Gasteiger partial charge on any atom is -0.457 e. The van der Waals surface area contributed by atoms with Crippen molar-refractivity contribution >= 4 is 34.5 Å². The number of aromatic nitrogens is 4. The lowest BCUT2D eigenvalue weighted by molar-refractivity contribution is -0.121. The van der Waals surface area contributed by atoms with Gasteiger partial charge in [0.2, 0.25) is 5.91 Å². The summed E-state index contributed by atoms with van der Waals surface area (Å²) in [6.07, 6.45) is 1.79. The molecule has 8 nitrogen and oxygen atoms in total. The first-order valence-corrected chi connectivity index (χ1v) is 13.1. The number of benzene rings is 2. The topological polar surface area (TPSA) is 94.0 Å².